The highest BCUT2D eigenvalue weighted by atomic mass is 19.4. The molecule has 53 heavy (non-hydrogen) atoms. The summed E-state index contributed by atoms with van der Waals surface area (Å²) >= 11 is 0. The number of fused-ring (bicyclic) bond motifs is 2. The maximum absolute atomic E-state index is 15.0. The van der Waals surface area contributed by atoms with Gasteiger partial charge < -0.3 is 20.1 Å². The maximum atomic E-state index is 15.0. The first-order chi connectivity index (χ1) is 25.2. The number of ether oxygens (including phenoxy) is 2. The van der Waals surface area contributed by atoms with Crippen molar-refractivity contribution in [1.82, 2.24) is 20.2 Å². The molecule has 0 spiro atoms. The lowest BCUT2D eigenvalue weighted by Gasteiger charge is -2.27. The number of aryl methyl sites for hydroxylation is 1. The van der Waals surface area contributed by atoms with Crippen LogP contribution in [0.4, 0.5) is 29.1 Å². The van der Waals surface area contributed by atoms with Crippen LogP contribution >= 0.6 is 0 Å². The standard InChI is InChI=1S/C37H34F4N6O6/c1-18(21-5-4-6-25(31(21)38)37(39,40)41)43-32-24-14-29(28(52-3)15-26(24)44-19(2)45-32)53-17-36(11-12-36)16-42-20-7-8-22-23(13-20)35(51)47(34(22)50)27-9-10-30(48)46-33(27)49/h4-8,13-15,18,27,42H,9-12,16-17H2,1-3H3,(H,43,44,45)(H,46,48,49)/t18-,27?/m1/s1. The first-order valence-corrected chi connectivity index (χ1v) is 16.9. The summed E-state index contributed by atoms with van der Waals surface area (Å²) in [6.45, 7) is 3.94. The van der Waals surface area contributed by atoms with Crippen molar-refractivity contribution in [3.8, 4) is 11.5 Å². The molecule has 1 unspecified atom stereocenters. The zero-order valence-electron chi connectivity index (χ0n) is 28.8. The zero-order valence-corrected chi connectivity index (χ0v) is 28.8. The molecule has 16 heteroatoms. The summed E-state index contributed by atoms with van der Waals surface area (Å²) in [6.07, 6.45) is -3.10. The third-order valence-corrected chi connectivity index (χ3v) is 9.84. The van der Waals surface area contributed by atoms with Gasteiger partial charge in [0.25, 0.3) is 11.8 Å². The molecule has 2 atom stereocenters. The lowest BCUT2D eigenvalue weighted by molar-refractivity contribution is -0.140. The molecular formula is C37H34F4N6O6. The van der Waals surface area contributed by atoms with Crippen LogP contribution < -0.4 is 25.4 Å². The number of alkyl halides is 3. The number of benzene rings is 3. The second-order valence-corrected chi connectivity index (χ2v) is 13.6. The third kappa shape index (κ3) is 6.80. The Morgan fingerprint density at radius 2 is 1.77 bits per heavy atom. The van der Waals surface area contributed by atoms with E-state index in [1.165, 1.54) is 26.2 Å². The van der Waals surface area contributed by atoms with Crippen LogP contribution in [0, 0.1) is 18.2 Å². The molecule has 3 heterocycles. The molecule has 1 aliphatic carbocycles. The Labute approximate surface area is 300 Å². The topological polar surface area (TPSA) is 152 Å². The van der Waals surface area contributed by atoms with E-state index in [-0.39, 0.29) is 47.4 Å². The van der Waals surface area contributed by atoms with Gasteiger partial charge in [-0.1, -0.05) is 12.1 Å². The molecule has 3 aromatic carbocycles. The van der Waals surface area contributed by atoms with Crippen molar-refractivity contribution in [2.45, 2.75) is 57.8 Å². The molecule has 3 N–H and O–H groups in total. The van der Waals surface area contributed by atoms with Crippen LogP contribution in [0.15, 0.2) is 48.5 Å². The van der Waals surface area contributed by atoms with Gasteiger partial charge in [-0.25, -0.2) is 14.4 Å². The maximum Gasteiger partial charge on any atom is 0.419 e. The number of aromatic nitrogens is 2. The summed E-state index contributed by atoms with van der Waals surface area (Å²) in [5, 5.41) is 9.06. The van der Waals surface area contributed by atoms with Crippen LogP contribution in [-0.2, 0) is 15.8 Å². The van der Waals surface area contributed by atoms with Gasteiger partial charge in [0, 0.05) is 41.1 Å². The van der Waals surface area contributed by atoms with Crippen LogP contribution in [0.25, 0.3) is 10.9 Å². The summed E-state index contributed by atoms with van der Waals surface area (Å²) in [7, 11) is 1.48. The Kier molecular flexibility index (Phi) is 8.94. The molecule has 3 aliphatic rings. The molecule has 2 aliphatic heterocycles. The first kappa shape index (κ1) is 35.6. The number of imide groups is 2. The van der Waals surface area contributed by atoms with Crippen molar-refractivity contribution >= 4 is 46.0 Å². The summed E-state index contributed by atoms with van der Waals surface area (Å²) in [5.74, 6) is -2.26. The quantitative estimate of drug-likeness (QED) is 0.125. The number of rotatable bonds is 11. The molecule has 1 saturated heterocycles. The molecule has 2 fully saturated rings. The summed E-state index contributed by atoms with van der Waals surface area (Å²) in [5.41, 5.74) is -0.392. The predicted octanol–water partition coefficient (Wildman–Crippen LogP) is 5.95. The number of nitrogens with zero attached hydrogens (tertiary/aromatic N) is 3. The zero-order chi connectivity index (χ0) is 37.8. The van der Waals surface area contributed by atoms with E-state index < -0.39 is 53.3 Å². The number of nitrogens with one attached hydrogen (secondary N) is 3. The smallest absolute Gasteiger partial charge is 0.419 e. The van der Waals surface area contributed by atoms with E-state index in [0.717, 1.165) is 23.8 Å². The molecular weight excluding hydrogens is 700 g/mol. The van der Waals surface area contributed by atoms with Crippen LogP contribution in [0.1, 0.15) is 76.3 Å². The summed E-state index contributed by atoms with van der Waals surface area (Å²) in [4.78, 5) is 60.2. The van der Waals surface area contributed by atoms with E-state index in [1.807, 2.05) is 0 Å². The highest BCUT2D eigenvalue weighted by molar-refractivity contribution is 6.23. The molecule has 12 nitrogen and oxygen atoms in total. The molecule has 1 aromatic heterocycles. The van der Waals surface area contributed by atoms with E-state index in [0.29, 0.717) is 46.5 Å². The van der Waals surface area contributed by atoms with Gasteiger partial charge in [0.1, 0.15) is 23.5 Å². The number of hydrogen-bond donors (Lipinski definition) is 3. The van der Waals surface area contributed by atoms with Crippen molar-refractivity contribution in [2.75, 3.05) is 30.9 Å². The monoisotopic (exact) mass is 734 g/mol. The molecule has 4 aromatic rings. The molecule has 1 saturated carbocycles. The number of anilines is 2. The second-order valence-electron chi connectivity index (χ2n) is 13.6. The van der Waals surface area contributed by atoms with Crippen molar-refractivity contribution in [3.63, 3.8) is 0 Å². The summed E-state index contributed by atoms with van der Waals surface area (Å²) < 4.78 is 67.1. The predicted molar refractivity (Wildman–Crippen MR) is 183 cm³/mol. The average molecular weight is 735 g/mol. The van der Waals surface area contributed by atoms with Gasteiger partial charge in [-0.2, -0.15) is 13.2 Å². The van der Waals surface area contributed by atoms with Gasteiger partial charge >= 0.3 is 6.18 Å². The molecule has 7 rings (SSSR count). The van der Waals surface area contributed by atoms with Crippen molar-refractivity contribution in [2.24, 2.45) is 5.41 Å². The number of carbonyl (C=O) groups is 4. The third-order valence-electron chi connectivity index (χ3n) is 9.84. The van der Waals surface area contributed by atoms with Gasteiger partial charge in [-0.3, -0.25) is 29.4 Å². The molecule has 276 valence electrons. The van der Waals surface area contributed by atoms with Crippen LogP contribution in [-0.4, -0.2) is 64.8 Å². The van der Waals surface area contributed by atoms with Crippen molar-refractivity contribution in [1.29, 1.82) is 0 Å². The normalized spacial score (nSPS) is 18.5. The number of halogens is 4. The fraction of sp³-hybridized carbons (Fsp3) is 0.351. The lowest BCUT2D eigenvalue weighted by Crippen LogP contribution is -2.54. The lowest BCUT2D eigenvalue weighted by atomic mass is 10.0. The molecule has 0 bridgehead atoms. The number of methoxy groups -OCH3 is 1. The molecule has 0 radical (unpaired) electrons. The average Bonchev–Trinajstić information content (AvgIpc) is 3.84. The minimum atomic E-state index is -4.85. The van der Waals surface area contributed by atoms with E-state index in [9.17, 15) is 36.7 Å². The summed E-state index contributed by atoms with van der Waals surface area (Å²) in [6, 6.07) is 9.33. The number of piperidine rings is 1. The van der Waals surface area contributed by atoms with Gasteiger partial charge in [0.2, 0.25) is 11.8 Å². The number of carbonyl (C=O) groups excluding carboxylic acids is 4. The Balaban J connectivity index is 1.06. The Morgan fingerprint density at radius 1 is 1.02 bits per heavy atom. The van der Waals surface area contributed by atoms with Gasteiger partial charge in [-0.05, 0) is 63.4 Å². The van der Waals surface area contributed by atoms with Gasteiger partial charge in [0.15, 0.2) is 11.5 Å². The minimum absolute atomic E-state index is 0.0289. The molecule has 4 amide bonds. The van der Waals surface area contributed by atoms with Crippen LogP contribution in [0.5, 0.6) is 11.5 Å². The Hall–Kier alpha value is -5.80. The van der Waals surface area contributed by atoms with E-state index in [1.54, 1.807) is 31.2 Å². The van der Waals surface area contributed by atoms with Crippen LogP contribution in [0.3, 0.4) is 0 Å². The highest BCUT2D eigenvalue weighted by Gasteiger charge is 2.46. The fourth-order valence-electron chi connectivity index (χ4n) is 6.67. The SMILES string of the molecule is COc1cc2nc(C)nc(N[C@H](C)c3cccc(C(F)(F)F)c3F)c2cc1OCC1(CNc2ccc3c(c2)C(=O)N(C2CCC(=O)NC2=O)C3=O)CC1. The Morgan fingerprint density at radius 3 is 2.47 bits per heavy atom. The van der Waals surface area contributed by atoms with E-state index in [4.69, 9.17) is 9.47 Å². The largest absolute Gasteiger partial charge is 0.493 e. The van der Waals surface area contributed by atoms with E-state index in [2.05, 4.69) is 25.9 Å². The van der Waals surface area contributed by atoms with Crippen LogP contribution in [0.2, 0.25) is 0 Å². The number of amides is 4. The second kappa shape index (κ2) is 13.3. The Bertz CT molecular complexity index is 2190. The van der Waals surface area contributed by atoms with Crippen molar-refractivity contribution in [3.05, 3.63) is 82.4 Å². The van der Waals surface area contributed by atoms with Crippen molar-refractivity contribution < 1.29 is 46.2 Å². The minimum Gasteiger partial charge on any atom is -0.493 e. The van der Waals surface area contributed by atoms with E-state index >= 15 is 0 Å². The number of hydrogen-bond acceptors (Lipinski definition) is 10. The van der Waals surface area contributed by atoms with Gasteiger partial charge in [-0.15, -0.1) is 0 Å². The fourth-order valence-corrected chi connectivity index (χ4v) is 6.67. The first-order valence-electron chi connectivity index (χ1n) is 16.9. The highest BCUT2D eigenvalue weighted by Crippen LogP contribution is 2.47. The van der Waals surface area contributed by atoms with Gasteiger partial charge in [0.05, 0.1) is 42.0 Å².